The fourth-order valence-electron chi connectivity index (χ4n) is 1.48. The maximum atomic E-state index is 9.75. The van der Waals surface area contributed by atoms with Crippen LogP contribution in [0.4, 0.5) is 17.3 Å². The fraction of sp³-hybridized carbons (Fsp3) is 0. The number of hydrogen-bond donors (Lipinski definition) is 0. The second kappa shape index (κ2) is 6.79. The second-order valence-electron chi connectivity index (χ2n) is 3.93. The van der Waals surface area contributed by atoms with Gasteiger partial charge in [0.15, 0.2) is 12.4 Å². The summed E-state index contributed by atoms with van der Waals surface area (Å²) in [5, 5.41) is 8.02. The molecule has 0 aliphatic rings. The van der Waals surface area contributed by atoms with Gasteiger partial charge in [-0.1, -0.05) is 0 Å². The zero-order valence-electron chi connectivity index (χ0n) is 11.0. The molecule has 0 aromatic carbocycles. The number of pyridine rings is 2. The first-order valence-electron chi connectivity index (χ1n) is 6.01. The Hall–Kier alpha value is -2.78. The van der Waals surface area contributed by atoms with Crippen molar-refractivity contribution in [3.05, 3.63) is 49.1 Å². The first-order valence-corrected chi connectivity index (χ1v) is 6.01. The minimum atomic E-state index is -6.00. The predicted octanol–water partition coefficient (Wildman–Crippen LogP) is 2.91. The van der Waals surface area contributed by atoms with E-state index in [0.717, 1.165) is 11.1 Å². The van der Waals surface area contributed by atoms with Gasteiger partial charge in [0.2, 0.25) is 11.8 Å². The van der Waals surface area contributed by atoms with Crippen LogP contribution >= 0.6 is 0 Å². The summed E-state index contributed by atoms with van der Waals surface area (Å²) < 4.78 is 44.6. The van der Waals surface area contributed by atoms with Crippen molar-refractivity contribution in [1.82, 2.24) is 15.2 Å². The van der Waals surface area contributed by atoms with E-state index in [1.54, 1.807) is 12.4 Å². The van der Waals surface area contributed by atoms with Crippen molar-refractivity contribution in [2.24, 2.45) is 0 Å². The smallest absolute Gasteiger partial charge is 0.418 e. The van der Waals surface area contributed by atoms with Gasteiger partial charge < -0.3 is 21.7 Å². The number of rotatable bonds is 2. The molecule has 0 saturated heterocycles. The lowest BCUT2D eigenvalue weighted by molar-refractivity contribution is -0.377. The Morgan fingerprint density at radius 1 is 0.818 bits per heavy atom. The Bertz CT molecular complexity index is 646. The SMILES string of the molecule is F[B-](F)(F)F.c1cc(-c2nnc(-c3cc[nH+]cc3)o2)ccn1. The molecule has 3 rings (SSSR count). The third kappa shape index (κ3) is 4.96. The maximum absolute atomic E-state index is 9.75. The van der Waals surface area contributed by atoms with Crippen LogP contribution in [0, 0.1) is 0 Å². The van der Waals surface area contributed by atoms with Crippen molar-refractivity contribution in [2.45, 2.75) is 0 Å². The van der Waals surface area contributed by atoms with E-state index in [9.17, 15) is 17.3 Å². The average molecular weight is 312 g/mol. The van der Waals surface area contributed by atoms with Gasteiger partial charge in [0.1, 0.15) is 0 Å². The van der Waals surface area contributed by atoms with E-state index in [0.29, 0.717) is 11.8 Å². The largest absolute Gasteiger partial charge is 0.673 e. The minimum absolute atomic E-state index is 0.496. The highest BCUT2D eigenvalue weighted by molar-refractivity contribution is 6.50. The fourth-order valence-corrected chi connectivity index (χ4v) is 1.48. The molecular weight excluding hydrogens is 303 g/mol. The third-order valence-electron chi connectivity index (χ3n) is 2.32. The molecule has 1 N–H and O–H groups in total. The van der Waals surface area contributed by atoms with E-state index < -0.39 is 7.25 Å². The molecular formula is C12H9BF4N4O. The van der Waals surface area contributed by atoms with Gasteiger partial charge in [-0.2, -0.15) is 0 Å². The zero-order valence-corrected chi connectivity index (χ0v) is 11.0. The zero-order chi connectivity index (χ0) is 16.0. The first kappa shape index (κ1) is 15.6. The molecule has 114 valence electrons. The van der Waals surface area contributed by atoms with Crippen molar-refractivity contribution >= 4 is 7.25 Å². The van der Waals surface area contributed by atoms with Crippen LogP contribution in [0.25, 0.3) is 22.9 Å². The topological polar surface area (TPSA) is 66.0 Å². The number of H-pyrrole nitrogens is 1. The summed E-state index contributed by atoms with van der Waals surface area (Å²) in [7, 11) is -6.00. The lowest BCUT2D eigenvalue weighted by Crippen LogP contribution is -2.02. The Morgan fingerprint density at radius 2 is 1.27 bits per heavy atom. The van der Waals surface area contributed by atoms with Gasteiger partial charge in [-0.25, -0.2) is 4.98 Å². The van der Waals surface area contributed by atoms with E-state index in [1.165, 1.54) is 0 Å². The standard InChI is InChI=1S/C12H8N4O.BF4/c1-5-13-6-2-9(1)11-15-16-12(17-11)10-3-7-14-8-4-10;2-1(3,4)5/h1-8H;/q;-1/p+1. The van der Waals surface area contributed by atoms with Crippen molar-refractivity contribution in [2.75, 3.05) is 0 Å². The number of aromatic amines is 1. The molecule has 0 unspecified atom stereocenters. The second-order valence-corrected chi connectivity index (χ2v) is 3.93. The van der Waals surface area contributed by atoms with Crippen LogP contribution < -0.4 is 4.98 Å². The van der Waals surface area contributed by atoms with Gasteiger partial charge in [0, 0.05) is 30.1 Å². The van der Waals surface area contributed by atoms with Crippen LogP contribution in [0.3, 0.4) is 0 Å². The summed E-state index contributed by atoms with van der Waals surface area (Å²) in [4.78, 5) is 6.88. The molecule has 0 amide bonds. The molecule has 5 nitrogen and oxygen atoms in total. The molecule has 0 aliphatic carbocycles. The summed E-state index contributed by atoms with van der Waals surface area (Å²) in [6.45, 7) is 0. The monoisotopic (exact) mass is 312 g/mol. The lowest BCUT2D eigenvalue weighted by Gasteiger charge is -1.94. The van der Waals surface area contributed by atoms with Crippen molar-refractivity contribution < 1.29 is 26.7 Å². The summed E-state index contributed by atoms with van der Waals surface area (Å²) in [5.74, 6) is 1.00. The average Bonchev–Trinajstić information content (AvgIpc) is 2.97. The van der Waals surface area contributed by atoms with Crippen LogP contribution in [0.2, 0.25) is 0 Å². The van der Waals surface area contributed by atoms with E-state index in [2.05, 4.69) is 20.2 Å². The van der Waals surface area contributed by atoms with Crippen molar-refractivity contribution in [1.29, 1.82) is 0 Å². The molecule has 3 heterocycles. The molecule has 0 saturated carbocycles. The highest BCUT2D eigenvalue weighted by Gasteiger charge is 2.20. The van der Waals surface area contributed by atoms with E-state index in [4.69, 9.17) is 4.42 Å². The molecule has 0 spiro atoms. The molecule has 0 bridgehead atoms. The van der Waals surface area contributed by atoms with Crippen LogP contribution in [-0.2, 0) is 0 Å². The Balaban J connectivity index is 0.000000309. The molecule has 0 fully saturated rings. The molecule has 3 aromatic rings. The highest BCUT2D eigenvalue weighted by Crippen LogP contribution is 2.22. The molecule has 3 aromatic heterocycles. The van der Waals surface area contributed by atoms with Gasteiger partial charge in [-0.3, -0.25) is 4.98 Å². The van der Waals surface area contributed by atoms with Crippen molar-refractivity contribution in [3.63, 3.8) is 0 Å². The minimum Gasteiger partial charge on any atom is -0.418 e. The van der Waals surface area contributed by atoms with Gasteiger partial charge in [-0.15, -0.1) is 10.2 Å². The quantitative estimate of drug-likeness (QED) is 0.539. The van der Waals surface area contributed by atoms with E-state index >= 15 is 0 Å². The van der Waals surface area contributed by atoms with Gasteiger partial charge in [-0.05, 0) is 12.1 Å². The summed E-state index contributed by atoms with van der Waals surface area (Å²) in [6.07, 6.45) is 7.00. The van der Waals surface area contributed by atoms with Gasteiger partial charge in [0.25, 0.3) is 0 Å². The number of halogens is 4. The molecule has 0 aliphatic heterocycles. The Kier molecular flexibility index (Phi) is 4.82. The Labute approximate surface area is 122 Å². The van der Waals surface area contributed by atoms with Crippen molar-refractivity contribution in [3.8, 4) is 22.9 Å². The maximum Gasteiger partial charge on any atom is 0.673 e. The number of aromatic nitrogens is 4. The van der Waals surface area contributed by atoms with Crippen LogP contribution in [0.1, 0.15) is 0 Å². The summed E-state index contributed by atoms with van der Waals surface area (Å²) in [5.41, 5.74) is 1.75. The highest BCUT2D eigenvalue weighted by atomic mass is 19.5. The number of hydrogen-bond acceptors (Lipinski definition) is 4. The lowest BCUT2D eigenvalue weighted by atomic mass is 10.3. The van der Waals surface area contributed by atoms with Crippen LogP contribution in [0.15, 0.2) is 53.5 Å². The molecule has 10 heteroatoms. The predicted molar refractivity (Wildman–Crippen MR) is 69.7 cm³/mol. The number of nitrogens with one attached hydrogen (secondary N) is 1. The molecule has 0 atom stereocenters. The molecule has 22 heavy (non-hydrogen) atoms. The Morgan fingerprint density at radius 3 is 1.77 bits per heavy atom. The van der Waals surface area contributed by atoms with Crippen LogP contribution in [-0.4, -0.2) is 22.4 Å². The van der Waals surface area contributed by atoms with Gasteiger partial charge >= 0.3 is 7.25 Å². The molecule has 0 radical (unpaired) electrons. The van der Waals surface area contributed by atoms with Crippen LogP contribution in [0.5, 0.6) is 0 Å². The third-order valence-corrected chi connectivity index (χ3v) is 2.32. The number of nitrogens with zero attached hydrogens (tertiary/aromatic N) is 3. The van der Waals surface area contributed by atoms with E-state index in [1.807, 2.05) is 36.7 Å². The van der Waals surface area contributed by atoms with E-state index in [-0.39, 0.29) is 0 Å². The summed E-state index contributed by atoms with van der Waals surface area (Å²) >= 11 is 0. The summed E-state index contributed by atoms with van der Waals surface area (Å²) in [6, 6.07) is 7.42. The van der Waals surface area contributed by atoms with Gasteiger partial charge in [0.05, 0.1) is 5.56 Å². The first-order chi connectivity index (χ1) is 10.4. The normalized spacial score (nSPS) is 10.7.